The number of aromatic nitrogens is 4. The Balaban J connectivity index is 1.56. The summed E-state index contributed by atoms with van der Waals surface area (Å²) in [5, 5.41) is 14.3. The zero-order valence-corrected chi connectivity index (χ0v) is 18.1. The maximum Gasteiger partial charge on any atom is 0.355 e. The van der Waals surface area contributed by atoms with Gasteiger partial charge in [-0.25, -0.2) is 19.4 Å². The number of aryl methyl sites for hydroxylation is 1. The number of benzene rings is 1. The summed E-state index contributed by atoms with van der Waals surface area (Å²) in [7, 11) is 0. The molecule has 3 aromatic rings. The Bertz CT molecular complexity index is 1020. The molecule has 1 aliphatic rings. The van der Waals surface area contributed by atoms with Crippen LogP contribution in [0.1, 0.15) is 85.5 Å². The van der Waals surface area contributed by atoms with E-state index in [1.54, 1.807) is 12.1 Å². The monoisotopic (exact) mass is 418 g/mol. The van der Waals surface area contributed by atoms with Crippen molar-refractivity contribution in [1.82, 2.24) is 19.7 Å². The van der Waals surface area contributed by atoms with E-state index in [0.717, 1.165) is 42.0 Å². The Morgan fingerprint density at radius 3 is 2.61 bits per heavy atom. The van der Waals surface area contributed by atoms with Gasteiger partial charge in [-0.3, -0.25) is 0 Å². The number of hydrogen-bond acceptors (Lipinski definition) is 4. The first-order valence-electron chi connectivity index (χ1n) is 11.4. The molecule has 1 fully saturated rings. The highest BCUT2D eigenvalue weighted by atomic mass is 16.4. The molecule has 1 saturated carbocycles. The van der Waals surface area contributed by atoms with Gasteiger partial charge in [0.2, 0.25) is 0 Å². The average Bonchev–Trinajstić information content (AvgIpc) is 3.21. The third-order valence-electron chi connectivity index (χ3n) is 6.10. The van der Waals surface area contributed by atoms with Crippen LogP contribution >= 0.6 is 0 Å². The lowest BCUT2D eigenvalue weighted by atomic mass is 9.89. The number of unbranched alkanes of at least 4 members (excludes halogenated alkanes) is 1. The minimum atomic E-state index is -1.02. The van der Waals surface area contributed by atoms with Gasteiger partial charge in [0.1, 0.15) is 5.82 Å². The molecule has 2 aromatic heterocycles. The van der Waals surface area contributed by atoms with Gasteiger partial charge in [-0.1, -0.05) is 62.9 Å². The van der Waals surface area contributed by atoms with Gasteiger partial charge >= 0.3 is 5.97 Å². The molecule has 1 aromatic carbocycles. The van der Waals surface area contributed by atoms with Crippen molar-refractivity contribution < 1.29 is 9.90 Å². The van der Waals surface area contributed by atoms with Crippen LogP contribution in [0.25, 0.3) is 11.1 Å². The highest BCUT2D eigenvalue weighted by Gasteiger charge is 2.21. The molecule has 0 radical (unpaired) electrons. The van der Waals surface area contributed by atoms with Crippen LogP contribution in [0.15, 0.2) is 42.6 Å². The minimum Gasteiger partial charge on any atom is -0.476 e. The molecule has 1 N–H and O–H groups in total. The van der Waals surface area contributed by atoms with Crippen LogP contribution in [0, 0.1) is 0 Å². The molecule has 0 unspecified atom stereocenters. The van der Waals surface area contributed by atoms with Crippen molar-refractivity contribution in [2.45, 2.75) is 70.8 Å². The van der Waals surface area contributed by atoms with Gasteiger partial charge in [0.15, 0.2) is 11.5 Å². The summed E-state index contributed by atoms with van der Waals surface area (Å²) in [4.78, 5) is 20.4. The van der Waals surface area contributed by atoms with Crippen LogP contribution in [-0.4, -0.2) is 30.8 Å². The first-order valence-corrected chi connectivity index (χ1v) is 11.4. The Labute approximate surface area is 183 Å². The van der Waals surface area contributed by atoms with Crippen LogP contribution in [0.2, 0.25) is 0 Å². The lowest BCUT2D eigenvalue weighted by Gasteiger charge is -2.18. The van der Waals surface area contributed by atoms with E-state index in [4.69, 9.17) is 10.1 Å². The van der Waals surface area contributed by atoms with Crippen LogP contribution < -0.4 is 0 Å². The fourth-order valence-corrected chi connectivity index (χ4v) is 4.35. The molecular formula is C25H30N4O2. The van der Waals surface area contributed by atoms with Crippen molar-refractivity contribution in [1.29, 1.82) is 0 Å². The second-order valence-electron chi connectivity index (χ2n) is 8.38. The summed E-state index contributed by atoms with van der Waals surface area (Å²) in [5.41, 5.74) is 2.68. The number of rotatable bonds is 8. The highest BCUT2D eigenvalue weighted by Crippen LogP contribution is 2.31. The number of aromatic carboxylic acids is 1. The zero-order valence-electron chi connectivity index (χ0n) is 18.1. The normalized spacial score (nSPS) is 14.6. The van der Waals surface area contributed by atoms with Crippen molar-refractivity contribution in [3.8, 4) is 11.1 Å². The van der Waals surface area contributed by atoms with Gasteiger partial charge in [0.25, 0.3) is 0 Å². The van der Waals surface area contributed by atoms with Gasteiger partial charge in [-0.2, -0.15) is 5.10 Å². The van der Waals surface area contributed by atoms with Gasteiger partial charge in [0, 0.05) is 24.1 Å². The van der Waals surface area contributed by atoms with E-state index in [2.05, 4.69) is 16.6 Å². The summed E-state index contributed by atoms with van der Waals surface area (Å²) >= 11 is 0. The van der Waals surface area contributed by atoms with Gasteiger partial charge in [-0.05, 0) is 36.5 Å². The molecule has 0 aliphatic heterocycles. The topological polar surface area (TPSA) is 80.9 Å². The summed E-state index contributed by atoms with van der Waals surface area (Å²) in [5.74, 6) is 1.58. The van der Waals surface area contributed by atoms with Crippen molar-refractivity contribution in [3.63, 3.8) is 0 Å². The van der Waals surface area contributed by atoms with Crippen molar-refractivity contribution in [3.05, 3.63) is 65.5 Å². The number of hydrogen-bond donors (Lipinski definition) is 1. The molecular weight excluding hydrogens is 388 g/mol. The minimum absolute atomic E-state index is 0.0745. The van der Waals surface area contributed by atoms with E-state index in [0.29, 0.717) is 18.0 Å². The summed E-state index contributed by atoms with van der Waals surface area (Å²) in [6, 6.07) is 11.6. The van der Waals surface area contributed by atoms with E-state index >= 15 is 0 Å². The molecule has 0 amide bonds. The molecule has 162 valence electrons. The van der Waals surface area contributed by atoms with Crippen LogP contribution in [0.3, 0.4) is 0 Å². The van der Waals surface area contributed by atoms with Crippen LogP contribution in [0.4, 0.5) is 0 Å². The Morgan fingerprint density at radius 1 is 1.13 bits per heavy atom. The van der Waals surface area contributed by atoms with Gasteiger partial charge in [-0.15, -0.1) is 0 Å². The Morgan fingerprint density at radius 2 is 1.90 bits per heavy atom. The van der Waals surface area contributed by atoms with Crippen LogP contribution in [0.5, 0.6) is 0 Å². The molecule has 31 heavy (non-hydrogen) atoms. The standard InChI is InChI=1S/C25H30N4O2/c1-2-3-11-22-27-24(20-8-5-4-6-9-20)28-29(22)17-18-12-14-19(15-13-18)21-10-7-16-26-23(21)25(30)31/h7,10,12-16,20H,2-6,8-9,11,17H2,1H3,(H,30,31). The van der Waals surface area contributed by atoms with E-state index in [9.17, 15) is 9.90 Å². The third kappa shape index (κ3) is 5.01. The molecule has 4 rings (SSSR count). The van der Waals surface area contributed by atoms with E-state index in [-0.39, 0.29) is 5.69 Å². The fraction of sp³-hybridized carbons (Fsp3) is 0.440. The van der Waals surface area contributed by atoms with Crippen molar-refractivity contribution in [2.24, 2.45) is 0 Å². The lowest BCUT2D eigenvalue weighted by molar-refractivity contribution is 0.0691. The summed E-state index contributed by atoms with van der Waals surface area (Å²) < 4.78 is 2.07. The average molecular weight is 419 g/mol. The molecule has 0 spiro atoms. The van der Waals surface area contributed by atoms with Gasteiger partial charge < -0.3 is 5.11 Å². The quantitative estimate of drug-likeness (QED) is 0.524. The third-order valence-corrected chi connectivity index (χ3v) is 6.10. The summed E-state index contributed by atoms with van der Waals surface area (Å²) in [6.45, 7) is 2.88. The van der Waals surface area contributed by atoms with Crippen LogP contribution in [-0.2, 0) is 13.0 Å². The molecule has 1 aliphatic carbocycles. The Hall–Kier alpha value is -3.02. The number of pyridine rings is 1. The first-order chi connectivity index (χ1) is 15.2. The maximum absolute atomic E-state index is 11.5. The SMILES string of the molecule is CCCCc1nc(C2CCCCC2)nn1Cc1ccc(-c2cccnc2C(=O)O)cc1. The molecule has 0 atom stereocenters. The predicted molar refractivity (Wildman–Crippen MR) is 120 cm³/mol. The molecule has 6 nitrogen and oxygen atoms in total. The summed E-state index contributed by atoms with van der Waals surface area (Å²) in [6.07, 6.45) is 11.0. The van der Waals surface area contributed by atoms with E-state index in [1.807, 2.05) is 24.3 Å². The van der Waals surface area contributed by atoms with Crippen molar-refractivity contribution in [2.75, 3.05) is 0 Å². The number of carboxylic acid groups (broad SMARTS) is 1. The number of carbonyl (C=O) groups is 1. The molecule has 0 saturated heterocycles. The smallest absolute Gasteiger partial charge is 0.355 e. The number of nitrogens with zero attached hydrogens (tertiary/aromatic N) is 4. The second-order valence-corrected chi connectivity index (χ2v) is 8.38. The fourth-order valence-electron chi connectivity index (χ4n) is 4.35. The van der Waals surface area contributed by atoms with Crippen molar-refractivity contribution >= 4 is 5.97 Å². The maximum atomic E-state index is 11.5. The highest BCUT2D eigenvalue weighted by molar-refractivity contribution is 5.93. The van der Waals surface area contributed by atoms with Gasteiger partial charge in [0.05, 0.1) is 6.54 Å². The molecule has 2 heterocycles. The molecule has 6 heteroatoms. The van der Waals surface area contributed by atoms with E-state index in [1.165, 1.54) is 38.3 Å². The number of carboxylic acids is 1. The first kappa shape index (κ1) is 21.2. The zero-order chi connectivity index (χ0) is 21.6. The Kier molecular flexibility index (Phi) is 6.75. The second kappa shape index (κ2) is 9.86. The molecule has 0 bridgehead atoms. The lowest BCUT2D eigenvalue weighted by Crippen LogP contribution is -2.09. The van der Waals surface area contributed by atoms with E-state index < -0.39 is 5.97 Å². The largest absolute Gasteiger partial charge is 0.476 e. The predicted octanol–water partition coefficient (Wildman–Crippen LogP) is 5.48.